The summed E-state index contributed by atoms with van der Waals surface area (Å²) in [5, 5.41) is 36.2. The molecule has 1 aliphatic heterocycles. The molecule has 0 aromatic heterocycles. The van der Waals surface area contributed by atoms with E-state index in [1.807, 2.05) is 90.8 Å². The summed E-state index contributed by atoms with van der Waals surface area (Å²) in [5.41, 5.74) is 13.4. The molecule has 4 atom stereocenters. The minimum Gasteiger partial charge on any atom is -0.508 e. The first kappa shape index (κ1) is 42.1. The Morgan fingerprint density at radius 1 is 0.793 bits per heavy atom. The number of rotatable bonds is 18. The van der Waals surface area contributed by atoms with Crippen LogP contribution in [0.15, 0.2) is 121 Å². The largest absolute Gasteiger partial charge is 0.508 e. The number of likely N-dealkylation sites (N-methyl/N-ethyl adjacent to an activating group) is 1. The van der Waals surface area contributed by atoms with Crippen LogP contribution in [0.5, 0.6) is 5.75 Å². The number of aliphatic hydroxyl groups excluding tert-OH is 2. The van der Waals surface area contributed by atoms with E-state index in [0.717, 1.165) is 39.8 Å². The van der Waals surface area contributed by atoms with Crippen LogP contribution in [0.2, 0.25) is 0 Å². The van der Waals surface area contributed by atoms with Gasteiger partial charge in [-0.1, -0.05) is 97.4 Å². The Bertz CT molecular complexity index is 2090. The number of unbranched alkanes of at least 4 members (excludes halogenated alkanes) is 2. The summed E-state index contributed by atoms with van der Waals surface area (Å²) in [4.78, 5) is 26.9. The first-order chi connectivity index (χ1) is 28.1. The second-order valence-electron chi connectivity index (χ2n) is 15.0. The number of nitrogens with zero attached hydrogens (tertiary/aromatic N) is 1. The fraction of sp³-hybridized carbons (Fsp3) is 0.319. The fourth-order valence-corrected chi connectivity index (χ4v) is 7.14. The molecule has 4 unspecified atom stereocenters. The van der Waals surface area contributed by atoms with Gasteiger partial charge in [0.1, 0.15) is 5.75 Å². The first-order valence-corrected chi connectivity index (χ1v) is 19.9. The van der Waals surface area contributed by atoms with Gasteiger partial charge in [-0.3, -0.25) is 9.59 Å². The number of anilines is 2. The summed E-state index contributed by atoms with van der Waals surface area (Å²) in [6.07, 6.45) is 1.67. The number of phenols is 1. The molecule has 11 heteroatoms. The highest BCUT2D eigenvalue weighted by Crippen LogP contribution is 2.39. The standard InChI is InChI=1S/C47H54N4O7/c1-51(30-43(54)38-11-8-12-39(53)26-38)29-40-27-44(35-19-17-32(31-52)18-20-35)58-47(57-40)36-23-21-34(22-24-36)37-10-7-9-33(25-37)28-49-45(55)15-3-2-4-16-46(56)50-42-14-6-5-13-41(42)48/h5-14,17-26,40,43-44,47,52-54H,2-4,15-16,27-31,48H2,1H3,(H,49,55)(H,50,56). The topological polar surface area (TPSA) is 167 Å². The van der Waals surface area contributed by atoms with Crippen LogP contribution in [0, 0.1) is 0 Å². The molecule has 2 amide bonds. The highest BCUT2D eigenvalue weighted by Gasteiger charge is 2.33. The Kier molecular flexibility index (Phi) is 15.0. The van der Waals surface area contributed by atoms with Gasteiger partial charge in [0.05, 0.1) is 36.3 Å². The van der Waals surface area contributed by atoms with Crippen LogP contribution in [0.4, 0.5) is 11.4 Å². The van der Waals surface area contributed by atoms with Crippen molar-refractivity contribution in [2.75, 3.05) is 31.2 Å². The number of ether oxygens (including phenoxy) is 2. The summed E-state index contributed by atoms with van der Waals surface area (Å²) in [6, 6.07) is 37.8. The number of benzene rings is 5. The third-order valence-electron chi connectivity index (χ3n) is 10.3. The minimum absolute atomic E-state index is 0.0245. The zero-order chi connectivity index (χ0) is 40.9. The number of hydrogen-bond acceptors (Lipinski definition) is 9. The highest BCUT2D eigenvalue weighted by atomic mass is 16.7. The van der Waals surface area contributed by atoms with Crippen molar-refractivity contribution >= 4 is 23.2 Å². The summed E-state index contributed by atoms with van der Waals surface area (Å²) >= 11 is 0. The molecule has 7 N–H and O–H groups in total. The zero-order valence-electron chi connectivity index (χ0n) is 32.9. The molecule has 5 aromatic rings. The van der Waals surface area contributed by atoms with Gasteiger partial charge in [0.2, 0.25) is 11.8 Å². The van der Waals surface area contributed by atoms with Gasteiger partial charge in [0.15, 0.2) is 6.29 Å². The normalized spacial score (nSPS) is 17.1. The smallest absolute Gasteiger partial charge is 0.224 e. The number of nitrogen functional groups attached to an aromatic ring is 1. The number of carbonyl (C=O) groups is 2. The number of hydrogen-bond donors (Lipinski definition) is 6. The Hall–Kier alpha value is -5.56. The van der Waals surface area contributed by atoms with E-state index in [-0.39, 0.29) is 36.4 Å². The van der Waals surface area contributed by atoms with E-state index in [1.165, 1.54) is 0 Å². The van der Waals surface area contributed by atoms with Crippen molar-refractivity contribution < 1.29 is 34.4 Å². The number of nitrogens with one attached hydrogen (secondary N) is 2. The Balaban J connectivity index is 1.01. The summed E-state index contributed by atoms with van der Waals surface area (Å²) in [6.45, 7) is 1.28. The molecule has 5 aromatic carbocycles. The van der Waals surface area contributed by atoms with Crippen LogP contribution in [0.25, 0.3) is 11.1 Å². The van der Waals surface area contributed by atoms with E-state index in [2.05, 4.69) is 16.7 Å². The van der Waals surface area contributed by atoms with E-state index >= 15 is 0 Å². The van der Waals surface area contributed by atoms with E-state index in [9.17, 15) is 24.9 Å². The molecule has 0 bridgehead atoms. The maximum atomic E-state index is 12.6. The molecule has 1 aliphatic rings. The molecule has 0 spiro atoms. The van der Waals surface area contributed by atoms with E-state index in [1.54, 1.807) is 36.4 Å². The van der Waals surface area contributed by atoms with Gasteiger partial charge in [0.25, 0.3) is 0 Å². The SMILES string of the molecule is CN(CC1CC(c2ccc(CO)cc2)OC(c2ccc(-c3cccc(CNC(=O)CCCCCC(=O)Nc4ccccc4N)c3)cc2)O1)CC(O)c1cccc(O)c1. The first-order valence-electron chi connectivity index (χ1n) is 19.9. The summed E-state index contributed by atoms with van der Waals surface area (Å²) in [7, 11) is 1.94. The lowest BCUT2D eigenvalue weighted by Gasteiger charge is -2.38. The predicted molar refractivity (Wildman–Crippen MR) is 225 cm³/mol. The maximum absolute atomic E-state index is 12.6. The number of para-hydroxylation sites is 2. The van der Waals surface area contributed by atoms with Crippen molar-refractivity contribution in [1.82, 2.24) is 10.2 Å². The van der Waals surface area contributed by atoms with Crippen LogP contribution in [0.3, 0.4) is 0 Å². The second-order valence-corrected chi connectivity index (χ2v) is 15.0. The number of aromatic hydroxyl groups is 1. The van der Waals surface area contributed by atoms with Crippen molar-refractivity contribution in [3.05, 3.63) is 149 Å². The monoisotopic (exact) mass is 786 g/mol. The van der Waals surface area contributed by atoms with E-state index < -0.39 is 12.4 Å². The molecule has 0 radical (unpaired) electrons. The van der Waals surface area contributed by atoms with Gasteiger partial charge in [-0.25, -0.2) is 0 Å². The Morgan fingerprint density at radius 2 is 1.52 bits per heavy atom. The van der Waals surface area contributed by atoms with Crippen LogP contribution in [0.1, 0.15) is 84.8 Å². The molecule has 1 heterocycles. The molecular formula is C47H54N4O7. The minimum atomic E-state index is -0.777. The van der Waals surface area contributed by atoms with Crippen molar-refractivity contribution in [2.45, 2.75) is 76.3 Å². The Labute approximate surface area is 340 Å². The van der Waals surface area contributed by atoms with Crippen molar-refractivity contribution in [3.63, 3.8) is 0 Å². The van der Waals surface area contributed by atoms with Crippen molar-refractivity contribution in [1.29, 1.82) is 0 Å². The molecule has 6 rings (SSSR count). The van der Waals surface area contributed by atoms with Crippen LogP contribution < -0.4 is 16.4 Å². The van der Waals surface area contributed by atoms with Gasteiger partial charge in [-0.2, -0.15) is 0 Å². The third kappa shape index (κ3) is 12.2. The summed E-state index contributed by atoms with van der Waals surface area (Å²) in [5.74, 6) is 0.00239. The molecule has 11 nitrogen and oxygen atoms in total. The number of aliphatic hydroxyl groups is 2. The third-order valence-corrected chi connectivity index (χ3v) is 10.3. The van der Waals surface area contributed by atoms with E-state index in [4.69, 9.17) is 15.2 Å². The van der Waals surface area contributed by atoms with E-state index in [0.29, 0.717) is 68.7 Å². The quantitative estimate of drug-likeness (QED) is 0.0389. The number of phenolic OH excluding ortho intramolecular Hbond substituents is 1. The van der Waals surface area contributed by atoms with Gasteiger partial charge in [0, 0.05) is 44.5 Å². The van der Waals surface area contributed by atoms with Gasteiger partial charge >= 0.3 is 0 Å². The predicted octanol–water partition coefficient (Wildman–Crippen LogP) is 7.55. The number of carbonyl (C=O) groups excluding carboxylic acids is 2. The average Bonchev–Trinajstić information content (AvgIpc) is 3.23. The molecule has 1 saturated heterocycles. The van der Waals surface area contributed by atoms with Gasteiger partial charge in [-0.05, 0) is 83.6 Å². The zero-order valence-corrected chi connectivity index (χ0v) is 32.9. The number of nitrogens with two attached hydrogens (primary N) is 1. The lowest BCUT2D eigenvalue weighted by atomic mass is 9.98. The average molecular weight is 787 g/mol. The number of amides is 2. The van der Waals surface area contributed by atoms with Crippen molar-refractivity contribution in [2.24, 2.45) is 0 Å². The molecule has 304 valence electrons. The van der Waals surface area contributed by atoms with Crippen molar-refractivity contribution in [3.8, 4) is 16.9 Å². The Morgan fingerprint density at radius 3 is 2.26 bits per heavy atom. The maximum Gasteiger partial charge on any atom is 0.224 e. The van der Waals surface area contributed by atoms with Crippen LogP contribution in [-0.2, 0) is 32.2 Å². The highest BCUT2D eigenvalue weighted by molar-refractivity contribution is 5.93. The second kappa shape index (κ2) is 20.7. The molecule has 0 aliphatic carbocycles. The van der Waals surface area contributed by atoms with Crippen LogP contribution in [-0.4, -0.2) is 58.3 Å². The molecule has 0 saturated carbocycles. The van der Waals surface area contributed by atoms with Gasteiger partial charge < -0.3 is 46.1 Å². The molecular weight excluding hydrogens is 733 g/mol. The van der Waals surface area contributed by atoms with Crippen LogP contribution >= 0.6 is 0 Å². The molecule has 58 heavy (non-hydrogen) atoms. The fourth-order valence-electron chi connectivity index (χ4n) is 7.14. The summed E-state index contributed by atoms with van der Waals surface area (Å²) < 4.78 is 13.1. The van der Waals surface area contributed by atoms with Gasteiger partial charge in [-0.15, -0.1) is 0 Å². The lowest BCUT2D eigenvalue weighted by Crippen LogP contribution is -2.39. The molecule has 1 fully saturated rings. The lowest BCUT2D eigenvalue weighted by molar-refractivity contribution is -0.252.